The summed E-state index contributed by atoms with van der Waals surface area (Å²) in [6.07, 6.45) is 10.0. The molecule has 0 saturated heterocycles. The van der Waals surface area contributed by atoms with Crippen molar-refractivity contribution in [3.05, 3.63) is 36.8 Å². The van der Waals surface area contributed by atoms with Crippen molar-refractivity contribution in [2.75, 3.05) is 18.2 Å². The normalized spacial score (nSPS) is 16.1. The zero-order valence-electron chi connectivity index (χ0n) is 21.6. The summed E-state index contributed by atoms with van der Waals surface area (Å²) in [6, 6.07) is -0.0204. The Bertz CT molecular complexity index is 1400. The Hall–Kier alpha value is -2.17. The monoisotopic (exact) mass is 559 g/mol. The fraction of sp³-hybridized carbons (Fsp3) is 0.556. The molecule has 7 nitrogen and oxygen atoms in total. The molecule has 5 rings (SSSR count). The van der Waals surface area contributed by atoms with Gasteiger partial charge in [-0.1, -0.05) is 25.1 Å². The number of amides is 1. The summed E-state index contributed by atoms with van der Waals surface area (Å²) in [6.45, 7) is 4.08. The van der Waals surface area contributed by atoms with Crippen molar-refractivity contribution < 1.29 is 14.3 Å². The standard InChI is InChI=1S/C27H33N3O4S3/c1-4-15(2)30-25(32)21-16-11-8-9-13-18(16)36-23(21)29-27(30)35-14-20(31)28-24-22(26(33)34-3)17-10-6-5-7-12-19(17)37-24/h15H,4-14H2,1-3H3,(H,28,31). The van der Waals surface area contributed by atoms with Gasteiger partial charge in [0, 0.05) is 15.8 Å². The quantitative estimate of drug-likeness (QED) is 0.161. The summed E-state index contributed by atoms with van der Waals surface area (Å²) in [5, 5.41) is 4.89. The number of hydrogen-bond donors (Lipinski definition) is 1. The second-order valence-electron chi connectivity index (χ2n) is 9.81. The molecule has 198 valence electrons. The fourth-order valence-corrected chi connectivity index (χ4v) is 8.81. The highest BCUT2D eigenvalue weighted by molar-refractivity contribution is 7.99. The van der Waals surface area contributed by atoms with Crippen LogP contribution in [0, 0.1) is 0 Å². The first-order valence-electron chi connectivity index (χ1n) is 13.1. The van der Waals surface area contributed by atoms with Crippen molar-refractivity contribution in [1.82, 2.24) is 9.55 Å². The summed E-state index contributed by atoms with van der Waals surface area (Å²) in [5.41, 5.74) is 2.72. The molecule has 1 unspecified atom stereocenters. The van der Waals surface area contributed by atoms with Gasteiger partial charge < -0.3 is 10.1 Å². The van der Waals surface area contributed by atoms with Crippen molar-refractivity contribution in [1.29, 1.82) is 0 Å². The Balaban J connectivity index is 1.42. The van der Waals surface area contributed by atoms with Crippen LogP contribution in [0.25, 0.3) is 10.2 Å². The number of carbonyl (C=O) groups is 2. The Morgan fingerprint density at radius 3 is 2.49 bits per heavy atom. The fourth-order valence-electron chi connectivity index (χ4n) is 5.31. The molecule has 3 aromatic heterocycles. The lowest BCUT2D eigenvalue weighted by atomic mass is 9.97. The van der Waals surface area contributed by atoms with Gasteiger partial charge in [0.15, 0.2) is 5.16 Å². The van der Waals surface area contributed by atoms with E-state index in [2.05, 4.69) is 12.2 Å². The van der Waals surface area contributed by atoms with E-state index in [-0.39, 0.29) is 23.3 Å². The molecular weight excluding hydrogens is 527 g/mol. The van der Waals surface area contributed by atoms with Crippen LogP contribution in [0.5, 0.6) is 0 Å². The molecule has 3 aromatic rings. The maximum atomic E-state index is 13.7. The highest BCUT2D eigenvalue weighted by Gasteiger charge is 2.27. The number of rotatable bonds is 7. The van der Waals surface area contributed by atoms with Crippen LogP contribution in [0.4, 0.5) is 5.00 Å². The van der Waals surface area contributed by atoms with Crippen molar-refractivity contribution in [2.24, 2.45) is 0 Å². The van der Waals surface area contributed by atoms with Crippen LogP contribution >= 0.6 is 34.4 Å². The molecule has 0 aromatic carbocycles. The van der Waals surface area contributed by atoms with Gasteiger partial charge in [0.1, 0.15) is 9.83 Å². The van der Waals surface area contributed by atoms with E-state index in [4.69, 9.17) is 9.72 Å². The maximum absolute atomic E-state index is 13.7. The molecule has 0 bridgehead atoms. The number of esters is 1. The lowest BCUT2D eigenvalue weighted by Crippen LogP contribution is -2.27. The molecule has 10 heteroatoms. The lowest BCUT2D eigenvalue weighted by molar-refractivity contribution is -0.113. The van der Waals surface area contributed by atoms with Gasteiger partial charge in [-0.25, -0.2) is 9.78 Å². The largest absolute Gasteiger partial charge is 0.465 e. The Morgan fingerprint density at radius 2 is 1.73 bits per heavy atom. The van der Waals surface area contributed by atoms with Gasteiger partial charge in [0.2, 0.25) is 5.91 Å². The minimum atomic E-state index is -0.401. The van der Waals surface area contributed by atoms with Gasteiger partial charge in [-0.15, -0.1) is 22.7 Å². The number of carbonyl (C=O) groups excluding carboxylic acids is 2. The summed E-state index contributed by atoms with van der Waals surface area (Å²) >= 11 is 4.40. The number of aryl methyl sites for hydroxylation is 3. The van der Waals surface area contributed by atoms with Crippen LogP contribution in [-0.4, -0.2) is 34.3 Å². The highest BCUT2D eigenvalue weighted by atomic mass is 32.2. The molecular formula is C27H33N3O4S3. The molecule has 0 radical (unpaired) electrons. The van der Waals surface area contributed by atoms with E-state index < -0.39 is 5.97 Å². The number of thioether (sulfide) groups is 1. The predicted molar refractivity (Wildman–Crippen MR) is 152 cm³/mol. The molecule has 2 aliphatic rings. The minimum Gasteiger partial charge on any atom is -0.465 e. The number of nitrogens with zero attached hydrogens (tertiary/aromatic N) is 2. The smallest absolute Gasteiger partial charge is 0.341 e. The third kappa shape index (κ3) is 5.12. The summed E-state index contributed by atoms with van der Waals surface area (Å²) in [4.78, 5) is 47.5. The van der Waals surface area contributed by atoms with Gasteiger partial charge in [-0.3, -0.25) is 14.2 Å². The van der Waals surface area contributed by atoms with Crippen LogP contribution in [-0.2, 0) is 35.2 Å². The maximum Gasteiger partial charge on any atom is 0.341 e. The van der Waals surface area contributed by atoms with Gasteiger partial charge >= 0.3 is 5.97 Å². The van der Waals surface area contributed by atoms with Gasteiger partial charge in [-0.05, 0) is 75.8 Å². The highest BCUT2D eigenvalue weighted by Crippen LogP contribution is 2.39. The molecule has 37 heavy (non-hydrogen) atoms. The Morgan fingerprint density at radius 1 is 1.05 bits per heavy atom. The molecule has 0 aliphatic heterocycles. The first kappa shape index (κ1) is 26.4. The summed E-state index contributed by atoms with van der Waals surface area (Å²) < 4.78 is 6.83. The average molecular weight is 560 g/mol. The number of methoxy groups -OCH3 is 1. The topological polar surface area (TPSA) is 90.3 Å². The molecule has 0 saturated carbocycles. The summed E-state index contributed by atoms with van der Waals surface area (Å²) in [7, 11) is 1.38. The van der Waals surface area contributed by atoms with Crippen molar-refractivity contribution in [3.8, 4) is 0 Å². The first-order chi connectivity index (χ1) is 17.9. The van der Waals surface area contributed by atoms with E-state index in [0.29, 0.717) is 15.7 Å². The van der Waals surface area contributed by atoms with Gasteiger partial charge in [-0.2, -0.15) is 0 Å². The first-order valence-corrected chi connectivity index (χ1v) is 15.8. The lowest BCUT2D eigenvalue weighted by Gasteiger charge is -2.18. The van der Waals surface area contributed by atoms with Crippen LogP contribution in [0.3, 0.4) is 0 Å². The van der Waals surface area contributed by atoms with Crippen LogP contribution in [0.2, 0.25) is 0 Å². The number of hydrogen-bond acceptors (Lipinski definition) is 8. The van der Waals surface area contributed by atoms with E-state index in [1.165, 1.54) is 45.5 Å². The van der Waals surface area contributed by atoms with Crippen molar-refractivity contribution >= 4 is 61.5 Å². The Kier molecular flexibility index (Phi) is 8.07. The SMILES string of the molecule is CCC(C)n1c(SCC(=O)Nc2sc3c(c2C(=O)OC)CCCCC3)nc2sc3c(c2c1=O)CCCC3. The van der Waals surface area contributed by atoms with E-state index in [0.717, 1.165) is 80.0 Å². The minimum absolute atomic E-state index is 0.0108. The molecule has 1 N–H and O–H groups in total. The van der Waals surface area contributed by atoms with Crippen LogP contribution in [0.1, 0.15) is 89.7 Å². The summed E-state index contributed by atoms with van der Waals surface area (Å²) in [5.74, 6) is -0.522. The van der Waals surface area contributed by atoms with E-state index >= 15 is 0 Å². The number of nitrogens with one attached hydrogen (secondary N) is 1. The van der Waals surface area contributed by atoms with E-state index in [1.54, 1.807) is 15.9 Å². The third-order valence-electron chi connectivity index (χ3n) is 7.42. The molecule has 0 fully saturated rings. The van der Waals surface area contributed by atoms with Crippen LogP contribution in [0.15, 0.2) is 9.95 Å². The Labute approximate surface area is 229 Å². The van der Waals surface area contributed by atoms with Crippen molar-refractivity contribution in [3.63, 3.8) is 0 Å². The third-order valence-corrected chi connectivity index (χ3v) is 10.8. The molecule has 2 aliphatic carbocycles. The second-order valence-corrected chi connectivity index (χ2v) is 12.9. The number of aromatic nitrogens is 2. The number of thiophene rings is 2. The zero-order chi connectivity index (χ0) is 26.1. The number of ether oxygens (including phenoxy) is 1. The van der Waals surface area contributed by atoms with Gasteiger partial charge in [0.25, 0.3) is 5.56 Å². The number of fused-ring (bicyclic) bond motifs is 4. The van der Waals surface area contributed by atoms with E-state index in [1.807, 2.05) is 6.92 Å². The predicted octanol–water partition coefficient (Wildman–Crippen LogP) is 6.16. The molecule has 3 heterocycles. The molecule has 0 spiro atoms. The van der Waals surface area contributed by atoms with Crippen molar-refractivity contribution in [2.45, 2.75) is 89.3 Å². The van der Waals surface area contributed by atoms with E-state index in [9.17, 15) is 14.4 Å². The molecule has 1 atom stereocenters. The van der Waals surface area contributed by atoms with Crippen LogP contribution < -0.4 is 10.9 Å². The zero-order valence-corrected chi connectivity index (χ0v) is 24.1. The average Bonchev–Trinajstić information content (AvgIpc) is 3.35. The second kappa shape index (κ2) is 11.3. The van der Waals surface area contributed by atoms with Gasteiger partial charge in [0.05, 0.1) is 23.8 Å². The number of anilines is 1. The molecule has 1 amide bonds.